The van der Waals surface area contributed by atoms with Crippen molar-refractivity contribution in [1.29, 1.82) is 0 Å². The van der Waals surface area contributed by atoms with E-state index in [1.807, 2.05) is 26.2 Å². The molecule has 0 aliphatic heterocycles. The van der Waals surface area contributed by atoms with Crippen LogP contribution in [0.1, 0.15) is 36.8 Å². The second kappa shape index (κ2) is 11.5. The van der Waals surface area contributed by atoms with Gasteiger partial charge in [-0.3, -0.25) is 9.79 Å². The summed E-state index contributed by atoms with van der Waals surface area (Å²) in [5, 5.41) is 6.61. The SMILES string of the molecule is CN=C(NCCOc1cc(C)cc(C)c1)NCC1(C(=O)N(C)C)CCCC1.I. The number of halogens is 1. The molecule has 1 aliphatic carbocycles. The summed E-state index contributed by atoms with van der Waals surface area (Å²) in [5.74, 6) is 1.80. The lowest BCUT2D eigenvalue weighted by atomic mass is 9.84. The van der Waals surface area contributed by atoms with Crippen molar-refractivity contribution in [1.82, 2.24) is 15.5 Å². The van der Waals surface area contributed by atoms with Crippen molar-refractivity contribution in [2.24, 2.45) is 10.4 Å². The molecule has 7 heteroatoms. The van der Waals surface area contributed by atoms with Crippen molar-refractivity contribution in [3.63, 3.8) is 0 Å². The first kappa shape index (κ1) is 24.5. The first-order valence-electron chi connectivity index (χ1n) is 9.74. The highest BCUT2D eigenvalue weighted by atomic mass is 127. The Labute approximate surface area is 186 Å². The Morgan fingerprint density at radius 2 is 1.75 bits per heavy atom. The van der Waals surface area contributed by atoms with E-state index in [2.05, 4.69) is 35.5 Å². The molecule has 158 valence electrons. The van der Waals surface area contributed by atoms with Crippen LogP contribution in [0.2, 0.25) is 0 Å². The van der Waals surface area contributed by atoms with Crippen LogP contribution >= 0.6 is 24.0 Å². The highest BCUT2D eigenvalue weighted by molar-refractivity contribution is 14.0. The molecule has 0 spiro atoms. The molecular formula is C21H35IN4O2. The molecule has 1 amide bonds. The predicted octanol–water partition coefficient (Wildman–Crippen LogP) is 3.11. The van der Waals surface area contributed by atoms with E-state index in [1.54, 1.807) is 11.9 Å². The normalized spacial score (nSPS) is 15.5. The molecule has 0 heterocycles. The van der Waals surface area contributed by atoms with Crippen LogP contribution < -0.4 is 15.4 Å². The maximum atomic E-state index is 12.6. The zero-order chi connectivity index (χ0) is 19.9. The molecule has 6 nitrogen and oxygen atoms in total. The van der Waals surface area contributed by atoms with Crippen LogP contribution in [0.4, 0.5) is 0 Å². The second-order valence-electron chi connectivity index (χ2n) is 7.71. The first-order chi connectivity index (χ1) is 12.9. The van der Waals surface area contributed by atoms with Gasteiger partial charge in [-0.15, -0.1) is 24.0 Å². The smallest absolute Gasteiger partial charge is 0.230 e. The van der Waals surface area contributed by atoms with Gasteiger partial charge in [0.2, 0.25) is 5.91 Å². The standard InChI is InChI=1S/C21H34N4O2.HI/c1-16-12-17(2)14-18(13-16)27-11-10-23-20(22-3)24-15-21(8-6-7-9-21)19(26)25(4)5;/h12-14H,6-11,15H2,1-5H3,(H2,22,23,24);1H. The fraction of sp³-hybridized carbons (Fsp3) is 0.619. The number of rotatable bonds is 7. The van der Waals surface area contributed by atoms with Gasteiger partial charge >= 0.3 is 0 Å². The Balaban J connectivity index is 0.00000392. The number of aryl methyl sites for hydroxylation is 2. The second-order valence-corrected chi connectivity index (χ2v) is 7.71. The fourth-order valence-electron chi connectivity index (χ4n) is 3.82. The third-order valence-electron chi connectivity index (χ3n) is 5.10. The van der Waals surface area contributed by atoms with Crippen molar-refractivity contribution >= 4 is 35.8 Å². The van der Waals surface area contributed by atoms with Gasteiger partial charge in [-0.25, -0.2) is 0 Å². The number of benzene rings is 1. The number of ether oxygens (including phenoxy) is 1. The summed E-state index contributed by atoms with van der Waals surface area (Å²) < 4.78 is 5.82. The predicted molar refractivity (Wildman–Crippen MR) is 126 cm³/mol. The molecule has 1 aromatic rings. The van der Waals surface area contributed by atoms with E-state index < -0.39 is 0 Å². The minimum Gasteiger partial charge on any atom is -0.492 e. The van der Waals surface area contributed by atoms with Crippen molar-refractivity contribution in [2.45, 2.75) is 39.5 Å². The van der Waals surface area contributed by atoms with Gasteiger partial charge in [0.25, 0.3) is 0 Å². The number of amides is 1. The highest BCUT2D eigenvalue weighted by Crippen LogP contribution is 2.38. The molecule has 0 bridgehead atoms. The molecule has 28 heavy (non-hydrogen) atoms. The lowest BCUT2D eigenvalue weighted by Crippen LogP contribution is -2.49. The average Bonchev–Trinajstić information content (AvgIpc) is 3.09. The maximum absolute atomic E-state index is 12.6. The molecule has 0 radical (unpaired) electrons. The van der Waals surface area contributed by atoms with E-state index in [4.69, 9.17) is 4.74 Å². The van der Waals surface area contributed by atoms with Crippen molar-refractivity contribution in [3.05, 3.63) is 29.3 Å². The van der Waals surface area contributed by atoms with E-state index in [-0.39, 0.29) is 35.3 Å². The van der Waals surface area contributed by atoms with Gasteiger partial charge in [0, 0.05) is 27.7 Å². The fourth-order valence-corrected chi connectivity index (χ4v) is 3.82. The topological polar surface area (TPSA) is 66.0 Å². The zero-order valence-corrected chi connectivity index (χ0v) is 20.1. The highest BCUT2D eigenvalue weighted by Gasteiger charge is 2.42. The van der Waals surface area contributed by atoms with Crippen LogP contribution in [0, 0.1) is 19.3 Å². The first-order valence-corrected chi connectivity index (χ1v) is 9.74. The molecule has 0 unspecified atom stereocenters. The van der Waals surface area contributed by atoms with Crippen LogP contribution in [0.5, 0.6) is 5.75 Å². The zero-order valence-electron chi connectivity index (χ0n) is 17.8. The van der Waals surface area contributed by atoms with E-state index >= 15 is 0 Å². The lowest BCUT2D eigenvalue weighted by molar-refractivity contribution is -0.138. The average molecular weight is 502 g/mol. The summed E-state index contributed by atoms with van der Waals surface area (Å²) in [5.41, 5.74) is 2.09. The maximum Gasteiger partial charge on any atom is 0.230 e. The summed E-state index contributed by atoms with van der Waals surface area (Å²) in [4.78, 5) is 18.6. The number of aliphatic imine (C=N–C) groups is 1. The Bertz CT molecular complexity index is 650. The van der Waals surface area contributed by atoms with Crippen LogP contribution in [0.15, 0.2) is 23.2 Å². The number of hydrogen-bond donors (Lipinski definition) is 2. The molecular weight excluding hydrogens is 467 g/mol. The summed E-state index contributed by atoms with van der Waals surface area (Å²) >= 11 is 0. The molecule has 2 N–H and O–H groups in total. The number of hydrogen-bond acceptors (Lipinski definition) is 3. The van der Waals surface area contributed by atoms with Gasteiger partial charge in [0.15, 0.2) is 5.96 Å². The van der Waals surface area contributed by atoms with E-state index in [9.17, 15) is 4.79 Å². The van der Waals surface area contributed by atoms with Crippen molar-refractivity contribution in [2.75, 3.05) is 40.8 Å². The van der Waals surface area contributed by atoms with Gasteiger partial charge in [-0.05, 0) is 49.9 Å². The summed E-state index contributed by atoms with van der Waals surface area (Å²) in [6.07, 6.45) is 4.09. The van der Waals surface area contributed by atoms with E-state index in [0.29, 0.717) is 25.7 Å². The minimum absolute atomic E-state index is 0. The van der Waals surface area contributed by atoms with Crippen LogP contribution in [0.25, 0.3) is 0 Å². The van der Waals surface area contributed by atoms with Gasteiger partial charge in [-0.2, -0.15) is 0 Å². The van der Waals surface area contributed by atoms with E-state index in [1.165, 1.54) is 11.1 Å². The molecule has 0 atom stereocenters. The number of nitrogens with zero attached hydrogens (tertiary/aromatic N) is 2. The molecule has 1 aromatic carbocycles. The van der Waals surface area contributed by atoms with Gasteiger partial charge in [-0.1, -0.05) is 18.9 Å². The van der Waals surface area contributed by atoms with Crippen molar-refractivity contribution in [3.8, 4) is 5.75 Å². The summed E-state index contributed by atoms with van der Waals surface area (Å²) in [6.45, 7) is 5.93. The molecule has 1 aliphatic rings. The van der Waals surface area contributed by atoms with Gasteiger partial charge in [0.05, 0.1) is 12.0 Å². The Morgan fingerprint density at radius 1 is 1.14 bits per heavy atom. The summed E-state index contributed by atoms with van der Waals surface area (Å²) in [7, 11) is 5.41. The van der Waals surface area contributed by atoms with Crippen molar-refractivity contribution < 1.29 is 9.53 Å². The van der Waals surface area contributed by atoms with E-state index in [0.717, 1.165) is 31.4 Å². The molecule has 2 rings (SSSR count). The van der Waals surface area contributed by atoms with Gasteiger partial charge in [0.1, 0.15) is 12.4 Å². The Morgan fingerprint density at radius 3 is 2.29 bits per heavy atom. The number of carbonyl (C=O) groups is 1. The van der Waals surface area contributed by atoms with Crippen LogP contribution in [0.3, 0.4) is 0 Å². The number of carbonyl (C=O) groups excluding carboxylic acids is 1. The van der Waals surface area contributed by atoms with Crippen LogP contribution in [-0.2, 0) is 4.79 Å². The largest absolute Gasteiger partial charge is 0.492 e. The Hall–Kier alpha value is -1.51. The molecule has 0 aromatic heterocycles. The lowest BCUT2D eigenvalue weighted by Gasteiger charge is -2.31. The minimum atomic E-state index is -0.309. The number of nitrogens with one attached hydrogen (secondary N) is 2. The van der Waals surface area contributed by atoms with Gasteiger partial charge < -0.3 is 20.3 Å². The Kier molecular flexibility index (Phi) is 10.1. The molecule has 0 saturated heterocycles. The molecule has 1 fully saturated rings. The number of guanidine groups is 1. The monoisotopic (exact) mass is 502 g/mol. The van der Waals surface area contributed by atoms with Crippen LogP contribution in [-0.4, -0.2) is 57.6 Å². The molecule has 1 saturated carbocycles. The third kappa shape index (κ3) is 6.83. The quantitative estimate of drug-likeness (QED) is 0.260. The summed E-state index contributed by atoms with van der Waals surface area (Å²) in [6, 6.07) is 6.21. The third-order valence-corrected chi connectivity index (χ3v) is 5.10.